The van der Waals surface area contributed by atoms with Crippen LogP contribution in [0.1, 0.15) is 99.3 Å². The molecule has 0 amide bonds. The number of aliphatic hydroxyl groups excluding tert-OH is 9. The van der Waals surface area contributed by atoms with E-state index in [0.717, 1.165) is 25.7 Å². The van der Waals surface area contributed by atoms with Gasteiger partial charge in [-0.05, 0) is 98.7 Å². The molecule has 0 bridgehead atoms. The molecule has 10 N–H and O–H groups in total. The van der Waals surface area contributed by atoms with Crippen LogP contribution in [0.3, 0.4) is 0 Å². The van der Waals surface area contributed by atoms with E-state index in [9.17, 15) is 55.9 Å². The highest BCUT2D eigenvalue weighted by Crippen LogP contribution is 2.71. The maximum absolute atomic E-state index is 13.2. The highest BCUT2D eigenvalue weighted by atomic mass is 16.7. The fourth-order valence-corrected chi connectivity index (χ4v) is 13.9. The average Bonchev–Trinajstić information content (AvgIpc) is 3.68. The summed E-state index contributed by atoms with van der Waals surface area (Å²) >= 11 is 0. The molecule has 0 aromatic heterocycles. The molecule has 18 heteroatoms. The van der Waals surface area contributed by atoms with Crippen LogP contribution in [0, 0.1) is 52.3 Å². The minimum Gasteiger partial charge on any atom is -0.394 e. The lowest BCUT2D eigenvalue weighted by atomic mass is 9.43. The molecule has 6 unspecified atom stereocenters. The summed E-state index contributed by atoms with van der Waals surface area (Å²) in [5.74, 6) is -0.816. The zero-order valence-electron chi connectivity index (χ0n) is 37.4. The third-order valence-corrected chi connectivity index (χ3v) is 17.7. The molecule has 4 aliphatic heterocycles. The quantitative estimate of drug-likeness (QED) is 0.117. The van der Waals surface area contributed by atoms with Crippen LogP contribution in [-0.4, -0.2) is 180 Å². The minimum absolute atomic E-state index is 0.0791. The minimum atomic E-state index is -1.65. The lowest BCUT2D eigenvalue weighted by molar-refractivity contribution is -0.362. The lowest BCUT2D eigenvalue weighted by Gasteiger charge is -2.62. The molecule has 4 saturated carbocycles. The first-order chi connectivity index (χ1) is 29.6. The number of ketones is 1. The molecule has 0 aromatic carbocycles. The van der Waals surface area contributed by atoms with Crippen molar-refractivity contribution in [2.75, 3.05) is 13.2 Å². The Morgan fingerprint density at radius 2 is 1.38 bits per heavy atom. The molecule has 4 saturated heterocycles. The summed E-state index contributed by atoms with van der Waals surface area (Å²) in [4.78, 5) is 13.2. The van der Waals surface area contributed by atoms with Gasteiger partial charge in [-0.1, -0.05) is 27.7 Å². The molecule has 63 heavy (non-hydrogen) atoms. The van der Waals surface area contributed by atoms with E-state index in [1.165, 1.54) is 6.92 Å². The Hall–Kier alpha value is -1.01. The average molecular weight is 903 g/mol. The van der Waals surface area contributed by atoms with Crippen LogP contribution >= 0.6 is 0 Å². The largest absolute Gasteiger partial charge is 0.394 e. The molecule has 8 aliphatic rings. The van der Waals surface area contributed by atoms with E-state index in [1.807, 2.05) is 6.92 Å². The summed E-state index contributed by atoms with van der Waals surface area (Å²) in [7, 11) is 0. The van der Waals surface area contributed by atoms with Gasteiger partial charge < -0.3 is 84.2 Å². The van der Waals surface area contributed by atoms with E-state index in [-0.39, 0.29) is 64.8 Å². The van der Waals surface area contributed by atoms with Crippen molar-refractivity contribution >= 4 is 5.78 Å². The standard InChI is InChI=1S/C45H74O18/c1-18(17-57-40-36(53)35(52)33(50)29(16-46)61-40)7-12-45(56)19(2)30-28(63-45)15-25-23-14-27(26-13-22(47)8-10-43(26,5)24(23)9-11-44(25,30)6)60-42-38(55)39(32(49)21(4)59-42)62-41-37(54)34(51)31(48)20(3)58-41/h18-21,23-42,46,48-56H,7-17H2,1-6H3/t18-,19?,20-,21+,23?,24?,25?,26+,27-,28?,29+,30?,31-,32+,33+,34+,35-,36+,37+,38+,39-,40+,41-,42-,43+,44-,45+/m0/s1. The predicted molar refractivity (Wildman–Crippen MR) is 217 cm³/mol. The van der Waals surface area contributed by atoms with Gasteiger partial charge in [0.05, 0.1) is 37.6 Å². The number of aliphatic hydroxyl groups is 10. The van der Waals surface area contributed by atoms with Gasteiger partial charge in [0.15, 0.2) is 24.7 Å². The van der Waals surface area contributed by atoms with Gasteiger partial charge in [0.25, 0.3) is 0 Å². The number of hydrogen-bond acceptors (Lipinski definition) is 18. The second-order valence-corrected chi connectivity index (χ2v) is 21.4. The Bertz CT molecular complexity index is 1610. The van der Waals surface area contributed by atoms with Crippen LogP contribution < -0.4 is 0 Å². The molecule has 18 nitrogen and oxygen atoms in total. The zero-order valence-corrected chi connectivity index (χ0v) is 37.4. The second kappa shape index (κ2) is 18.1. The van der Waals surface area contributed by atoms with Gasteiger partial charge in [0.1, 0.15) is 66.8 Å². The fraction of sp³-hybridized carbons (Fsp3) is 0.978. The fourth-order valence-electron chi connectivity index (χ4n) is 13.9. The molecular weight excluding hydrogens is 828 g/mol. The Labute approximate surface area is 369 Å². The third kappa shape index (κ3) is 8.40. The number of Topliss-reactive ketones (excluding diaryl/α,β-unsaturated/α-hetero) is 1. The summed E-state index contributed by atoms with van der Waals surface area (Å²) in [6.45, 7) is 11.4. The smallest absolute Gasteiger partial charge is 0.187 e. The van der Waals surface area contributed by atoms with Crippen molar-refractivity contribution in [2.24, 2.45) is 52.3 Å². The summed E-state index contributed by atoms with van der Waals surface area (Å²) < 4.78 is 42.6. The first-order valence-corrected chi connectivity index (χ1v) is 23.5. The first kappa shape index (κ1) is 48.4. The molecule has 0 spiro atoms. The zero-order chi connectivity index (χ0) is 45.7. The van der Waals surface area contributed by atoms with Crippen LogP contribution in [0.15, 0.2) is 0 Å². The molecule has 0 radical (unpaired) electrons. The molecule has 4 aliphatic carbocycles. The summed E-state index contributed by atoms with van der Waals surface area (Å²) in [5, 5.41) is 107. The molecule has 27 atom stereocenters. The lowest BCUT2D eigenvalue weighted by Crippen LogP contribution is -2.64. The van der Waals surface area contributed by atoms with Gasteiger partial charge in [-0.25, -0.2) is 0 Å². The SMILES string of the molecule is CC1C2C(CC3C4C[C@H](O[C@@H]5O[C@H](C)[C@@H](O)[C@H](O[C@@H]6O[C@@H](C)[C@H](O)[C@@H](O)[C@H]6O)[C@H]5O)[C@H]5CC(=O)CC[C@]5(C)C4CC[C@@]32C)O[C@]1(O)CC[C@H](C)CO[C@@H]1O[C@H](CO)[C@@H](O)[C@H](O)[C@H]1O. The number of hydrogen-bond donors (Lipinski definition) is 10. The molecular formula is C45H74O18. The second-order valence-electron chi connectivity index (χ2n) is 21.4. The topological polar surface area (TPSA) is 284 Å². The van der Waals surface area contributed by atoms with Crippen LogP contribution in [0.5, 0.6) is 0 Å². The van der Waals surface area contributed by atoms with Crippen molar-refractivity contribution in [1.82, 2.24) is 0 Å². The number of carbonyl (C=O) groups is 1. The van der Waals surface area contributed by atoms with Gasteiger partial charge in [0.2, 0.25) is 0 Å². The highest BCUT2D eigenvalue weighted by Gasteiger charge is 2.69. The monoisotopic (exact) mass is 902 g/mol. The van der Waals surface area contributed by atoms with Gasteiger partial charge in [-0.3, -0.25) is 4.79 Å². The van der Waals surface area contributed by atoms with E-state index in [4.69, 9.17) is 33.2 Å². The van der Waals surface area contributed by atoms with Gasteiger partial charge >= 0.3 is 0 Å². The maximum Gasteiger partial charge on any atom is 0.187 e. The number of rotatable bonds is 11. The van der Waals surface area contributed by atoms with Crippen molar-refractivity contribution in [3.63, 3.8) is 0 Å². The van der Waals surface area contributed by atoms with E-state index in [0.29, 0.717) is 38.0 Å². The van der Waals surface area contributed by atoms with E-state index in [2.05, 4.69) is 20.8 Å². The molecule has 362 valence electrons. The van der Waals surface area contributed by atoms with Crippen LogP contribution in [0.2, 0.25) is 0 Å². The molecule has 8 rings (SSSR count). The van der Waals surface area contributed by atoms with Gasteiger partial charge in [0, 0.05) is 25.2 Å². The van der Waals surface area contributed by atoms with Crippen LogP contribution in [0.4, 0.5) is 0 Å². The Morgan fingerprint density at radius 3 is 2.08 bits per heavy atom. The van der Waals surface area contributed by atoms with Crippen LogP contribution in [0.25, 0.3) is 0 Å². The molecule has 8 fully saturated rings. The van der Waals surface area contributed by atoms with Crippen molar-refractivity contribution in [1.29, 1.82) is 0 Å². The number of carbonyl (C=O) groups excluding carboxylic acids is 1. The predicted octanol–water partition coefficient (Wildman–Crippen LogP) is -0.545. The van der Waals surface area contributed by atoms with Crippen molar-refractivity contribution < 1.29 is 89.0 Å². The number of fused-ring (bicyclic) bond motifs is 7. The Balaban J connectivity index is 0.946. The normalized spacial score (nSPS) is 56.3. The number of ether oxygens (including phenoxy) is 7. The summed E-state index contributed by atoms with van der Waals surface area (Å²) in [6.07, 6.45) is -15.0. The van der Waals surface area contributed by atoms with E-state index in [1.54, 1.807) is 6.92 Å². The maximum atomic E-state index is 13.2. The van der Waals surface area contributed by atoms with Gasteiger partial charge in [-0.15, -0.1) is 0 Å². The van der Waals surface area contributed by atoms with Crippen LogP contribution in [-0.2, 0) is 38.0 Å². The Morgan fingerprint density at radius 1 is 0.730 bits per heavy atom. The van der Waals surface area contributed by atoms with E-state index < -0.39 is 111 Å². The summed E-state index contributed by atoms with van der Waals surface area (Å²) in [6, 6.07) is 0. The Kier molecular flexibility index (Phi) is 14.0. The highest BCUT2D eigenvalue weighted by molar-refractivity contribution is 5.79. The third-order valence-electron chi connectivity index (χ3n) is 17.7. The molecule has 0 aromatic rings. The summed E-state index contributed by atoms with van der Waals surface area (Å²) in [5.41, 5.74) is -0.407. The van der Waals surface area contributed by atoms with Crippen molar-refractivity contribution in [3.05, 3.63) is 0 Å². The molecule has 4 heterocycles. The first-order valence-electron chi connectivity index (χ1n) is 23.5. The van der Waals surface area contributed by atoms with Gasteiger partial charge in [-0.2, -0.15) is 0 Å². The van der Waals surface area contributed by atoms with E-state index >= 15 is 0 Å². The van der Waals surface area contributed by atoms with Crippen molar-refractivity contribution in [3.8, 4) is 0 Å². The van der Waals surface area contributed by atoms with Crippen molar-refractivity contribution in [2.45, 2.75) is 209 Å².